The van der Waals surface area contributed by atoms with E-state index in [0.717, 1.165) is 29.8 Å². The van der Waals surface area contributed by atoms with Gasteiger partial charge in [0.05, 0.1) is 0 Å². The van der Waals surface area contributed by atoms with E-state index >= 15 is 0 Å². The van der Waals surface area contributed by atoms with Gasteiger partial charge in [-0.05, 0) is 30.2 Å². The van der Waals surface area contributed by atoms with Crippen LogP contribution in [0.2, 0.25) is 0 Å². The van der Waals surface area contributed by atoms with Crippen LogP contribution in [0.5, 0.6) is 0 Å². The molecule has 0 radical (unpaired) electrons. The third-order valence-corrected chi connectivity index (χ3v) is 4.94. The molecule has 1 saturated carbocycles. The topological polar surface area (TPSA) is 27.1 Å². The van der Waals surface area contributed by atoms with Gasteiger partial charge in [-0.2, -0.15) is 0 Å². The Labute approximate surface area is 116 Å². The van der Waals surface area contributed by atoms with Crippen molar-refractivity contribution in [2.24, 2.45) is 11.8 Å². The number of nitrogens with zero attached hydrogens (tertiary/aromatic N) is 1. The molecule has 1 heterocycles. The summed E-state index contributed by atoms with van der Waals surface area (Å²) >= 11 is 0. The van der Waals surface area contributed by atoms with E-state index in [4.69, 9.17) is 5.41 Å². The van der Waals surface area contributed by atoms with Gasteiger partial charge in [-0.15, -0.1) is 0 Å². The van der Waals surface area contributed by atoms with Crippen LogP contribution >= 0.6 is 0 Å². The first-order valence-electron chi connectivity index (χ1n) is 7.62. The summed E-state index contributed by atoms with van der Waals surface area (Å²) in [6.45, 7) is 5.63. The van der Waals surface area contributed by atoms with Gasteiger partial charge in [0, 0.05) is 18.2 Å². The number of hydrogen-bond acceptors (Lipinski definition) is 1. The lowest BCUT2D eigenvalue weighted by molar-refractivity contribution is 0.131. The van der Waals surface area contributed by atoms with Crippen LogP contribution in [-0.4, -0.2) is 16.8 Å². The molecule has 1 aliphatic carbocycles. The van der Waals surface area contributed by atoms with Crippen LogP contribution in [0.3, 0.4) is 0 Å². The van der Waals surface area contributed by atoms with Crippen molar-refractivity contribution in [2.45, 2.75) is 52.1 Å². The van der Waals surface area contributed by atoms with Crippen LogP contribution in [0.4, 0.5) is 0 Å². The highest BCUT2D eigenvalue weighted by Crippen LogP contribution is 2.37. The van der Waals surface area contributed by atoms with Crippen LogP contribution in [0, 0.1) is 17.2 Å². The molecule has 2 unspecified atom stereocenters. The number of hydrogen-bond donors (Lipinski definition) is 1. The Balaban J connectivity index is 1.85. The molecule has 2 nitrogen and oxygen atoms in total. The largest absolute Gasteiger partial charge is 0.349 e. The molecule has 19 heavy (non-hydrogen) atoms. The van der Waals surface area contributed by atoms with Gasteiger partial charge in [-0.25, -0.2) is 0 Å². The van der Waals surface area contributed by atoms with Crippen LogP contribution in [0.25, 0.3) is 0 Å². The molecular formula is C17H24N2. The Morgan fingerprint density at radius 1 is 1.16 bits per heavy atom. The molecular weight excluding hydrogens is 232 g/mol. The minimum Gasteiger partial charge on any atom is -0.349 e. The lowest BCUT2D eigenvalue weighted by atomic mass is 9.77. The lowest BCUT2D eigenvalue weighted by Gasteiger charge is -2.41. The number of amidine groups is 1. The van der Waals surface area contributed by atoms with E-state index in [2.05, 4.69) is 43.0 Å². The minimum absolute atomic E-state index is 0.577. The maximum atomic E-state index is 8.48. The average Bonchev–Trinajstić information content (AvgIpc) is 2.76. The summed E-state index contributed by atoms with van der Waals surface area (Å²) in [5.74, 6) is 2.23. The molecule has 1 N–H and O–H groups in total. The molecule has 0 spiro atoms. The Bertz CT molecular complexity index is 478. The highest BCUT2D eigenvalue weighted by Gasteiger charge is 2.36. The maximum Gasteiger partial charge on any atom is 0.128 e. The van der Waals surface area contributed by atoms with E-state index in [-0.39, 0.29) is 0 Å². The number of nitrogens with one attached hydrogen (secondary N) is 1. The molecule has 0 bridgehead atoms. The van der Waals surface area contributed by atoms with Gasteiger partial charge >= 0.3 is 0 Å². The smallest absolute Gasteiger partial charge is 0.128 e. The third-order valence-electron chi connectivity index (χ3n) is 4.94. The van der Waals surface area contributed by atoms with Crippen molar-refractivity contribution >= 4 is 5.84 Å². The highest BCUT2D eigenvalue weighted by atomic mass is 15.2. The Kier molecular flexibility index (Phi) is 3.34. The minimum atomic E-state index is 0.577. The quantitative estimate of drug-likeness (QED) is 0.849. The van der Waals surface area contributed by atoms with Gasteiger partial charge < -0.3 is 4.90 Å². The van der Waals surface area contributed by atoms with Crippen LogP contribution in [0.1, 0.15) is 50.7 Å². The first-order chi connectivity index (χ1) is 9.18. The van der Waals surface area contributed by atoms with Crippen molar-refractivity contribution in [3.05, 3.63) is 35.4 Å². The summed E-state index contributed by atoms with van der Waals surface area (Å²) in [6.07, 6.45) is 5.29. The molecule has 2 atom stereocenters. The number of rotatable bonds is 2. The van der Waals surface area contributed by atoms with E-state index in [1.165, 1.54) is 31.2 Å². The second-order valence-corrected chi connectivity index (χ2v) is 6.39. The van der Waals surface area contributed by atoms with Crippen molar-refractivity contribution in [3.63, 3.8) is 0 Å². The van der Waals surface area contributed by atoms with Crippen molar-refractivity contribution in [1.29, 1.82) is 5.41 Å². The van der Waals surface area contributed by atoms with Crippen LogP contribution in [-0.2, 0) is 6.54 Å². The van der Waals surface area contributed by atoms with Gasteiger partial charge in [0.1, 0.15) is 5.84 Å². The summed E-state index contributed by atoms with van der Waals surface area (Å²) < 4.78 is 0. The predicted octanol–water partition coefficient (Wildman–Crippen LogP) is 4.04. The lowest BCUT2D eigenvalue weighted by Crippen LogP contribution is -2.44. The van der Waals surface area contributed by atoms with Crippen LogP contribution in [0.15, 0.2) is 24.3 Å². The Morgan fingerprint density at radius 3 is 2.63 bits per heavy atom. The zero-order chi connectivity index (χ0) is 13.4. The van der Waals surface area contributed by atoms with Crippen molar-refractivity contribution in [1.82, 2.24) is 4.90 Å². The summed E-state index contributed by atoms with van der Waals surface area (Å²) in [5.41, 5.74) is 2.48. The standard InChI is InChI=1S/C17H24N2/c1-12(2)14-8-5-6-10-16(14)19-11-13-7-3-4-9-15(13)17(19)18/h3-4,7,9,12,14,16,18H,5-6,8,10-11H2,1-2H3. The first-order valence-corrected chi connectivity index (χ1v) is 7.62. The molecule has 1 aromatic carbocycles. The fourth-order valence-electron chi connectivity index (χ4n) is 3.89. The van der Waals surface area contributed by atoms with E-state index in [1.54, 1.807) is 0 Å². The predicted molar refractivity (Wildman–Crippen MR) is 79.4 cm³/mol. The average molecular weight is 256 g/mol. The monoisotopic (exact) mass is 256 g/mol. The van der Waals surface area contributed by atoms with E-state index in [1.807, 2.05) is 0 Å². The van der Waals surface area contributed by atoms with Crippen molar-refractivity contribution in [2.75, 3.05) is 0 Å². The molecule has 0 amide bonds. The fraction of sp³-hybridized carbons (Fsp3) is 0.588. The normalized spacial score (nSPS) is 26.9. The van der Waals surface area contributed by atoms with E-state index in [0.29, 0.717) is 6.04 Å². The second-order valence-electron chi connectivity index (χ2n) is 6.39. The molecule has 2 aliphatic rings. The van der Waals surface area contributed by atoms with Gasteiger partial charge in [0.25, 0.3) is 0 Å². The molecule has 0 saturated heterocycles. The summed E-state index contributed by atoms with van der Waals surface area (Å²) in [7, 11) is 0. The Hall–Kier alpha value is -1.31. The third kappa shape index (κ3) is 2.18. The van der Waals surface area contributed by atoms with Gasteiger partial charge in [-0.3, -0.25) is 5.41 Å². The van der Waals surface area contributed by atoms with Gasteiger partial charge in [0.15, 0.2) is 0 Å². The highest BCUT2D eigenvalue weighted by molar-refractivity contribution is 6.00. The Morgan fingerprint density at radius 2 is 1.89 bits per heavy atom. The van der Waals surface area contributed by atoms with Gasteiger partial charge in [0.2, 0.25) is 0 Å². The molecule has 1 aliphatic heterocycles. The van der Waals surface area contributed by atoms with E-state index in [9.17, 15) is 0 Å². The molecule has 3 rings (SSSR count). The summed E-state index contributed by atoms with van der Waals surface area (Å²) in [6, 6.07) is 9.00. The van der Waals surface area contributed by atoms with Crippen LogP contribution < -0.4 is 0 Å². The molecule has 2 heteroatoms. The number of fused-ring (bicyclic) bond motifs is 1. The second kappa shape index (κ2) is 4.99. The SMILES string of the molecule is CC(C)C1CCCCC1N1Cc2ccccc2C1=N. The number of benzene rings is 1. The summed E-state index contributed by atoms with van der Waals surface area (Å²) in [4.78, 5) is 2.37. The molecule has 1 fully saturated rings. The molecule has 1 aromatic rings. The fourth-order valence-corrected chi connectivity index (χ4v) is 3.89. The van der Waals surface area contributed by atoms with Crippen molar-refractivity contribution < 1.29 is 0 Å². The molecule has 0 aromatic heterocycles. The maximum absolute atomic E-state index is 8.48. The first kappa shape index (κ1) is 12.7. The summed E-state index contributed by atoms with van der Waals surface area (Å²) in [5, 5.41) is 8.48. The zero-order valence-corrected chi connectivity index (χ0v) is 12.0. The van der Waals surface area contributed by atoms with Crippen molar-refractivity contribution in [3.8, 4) is 0 Å². The van der Waals surface area contributed by atoms with E-state index < -0.39 is 0 Å². The zero-order valence-electron chi connectivity index (χ0n) is 12.0. The van der Waals surface area contributed by atoms with Gasteiger partial charge in [-0.1, -0.05) is 51.0 Å². The molecule has 102 valence electrons.